The van der Waals surface area contributed by atoms with Crippen molar-refractivity contribution in [1.82, 2.24) is 0 Å². The summed E-state index contributed by atoms with van der Waals surface area (Å²) in [5.41, 5.74) is 6.66. The van der Waals surface area contributed by atoms with E-state index in [1.54, 1.807) is 12.1 Å². The number of anilines is 2. The summed E-state index contributed by atoms with van der Waals surface area (Å²) in [7, 11) is 0. The Morgan fingerprint density at radius 3 is 2.59 bits per heavy atom. The van der Waals surface area contributed by atoms with Crippen molar-refractivity contribution in [2.75, 3.05) is 11.1 Å². The minimum Gasteiger partial charge on any atom is -0.393 e. The molecule has 1 aromatic rings. The van der Waals surface area contributed by atoms with Crippen molar-refractivity contribution >= 4 is 17.1 Å². The van der Waals surface area contributed by atoms with Crippen LogP contribution in [0.4, 0.5) is 17.1 Å². The highest BCUT2D eigenvalue weighted by molar-refractivity contribution is 5.66. The van der Waals surface area contributed by atoms with E-state index >= 15 is 0 Å². The average Bonchev–Trinajstić information content (AvgIpc) is 2.98. The molecule has 1 aliphatic carbocycles. The van der Waals surface area contributed by atoms with E-state index in [0.717, 1.165) is 5.69 Å². The zero-order chi connectivity index (χ0) is 12.6. The number of hydrogen-bond acceptors (Lipinski definition) is 4. The SMILES string of the molecule is CC(C)(Nc1ccc([N+](=O)[O-])c(N)c1)C1CC1. The van der Waals surface area contributed by atoms with Gasteiger partial charge in [-0.25, -0.2) is 0 Å². The van der Waals surface area contributed by atoms with Crippen molar-refractivity contribution in [3.63, 3.8) is 0 Å². The Kier molecular flexibility index (Phi) is 2.69. The van der Waals surface area contributed by atoms with Crippen molar-refractivity contribution in [1.29, 1.82) is 0 Å². The van der Waals surface area contributed by atoms with Gasteiger partial charge in [0.05, 0.1) is 4.92 Å². The molecule has 3 N–H and O–H groups in total. The van der Waals surface area contributed by atoms with E-state index in [-0.39, 0.29) is 16.9 Å². The van der Waals surface area contributed by atoms with Crippen molar-refractivity contribution in [2.24, 2.45) is 5.92 Å². The largest absolute Gasteiger partial charge is 0.393 e. The monoisotopic (exact) mass is 235 g/mol. The van der Waals surface area contributed by atoms with E-state index < -0.39 is 4.92 Å². The van der Waals surface area contributed by atoms with Crippen LogP contribution in [0.1, 0.15) is 26.7 Å². The number of nitrogen functional groups attached to an aromatic ring is 1. The van der Waals surface area contributed by atoms with Crippen LogP contribution >= 0.6 is 0 Å². The van der Waals surface area contributed by atoms with Crippen LogP contribution < -0.4 is 11.1 Å². The predicted molar refractivity (Wildman–Crippen MR) is 67.9 cm³/mol. The molecule has 1 fully saturated rings. The van der Waals surface area contributed by atoms with E-state index in [4.69, 9.17) is 5.73 Å². The lowest BCUT2D eigenvalue weighted by atomic mass is 9.98. The lowest BCUT2D eigenvalue weighted by molar-refractivity contribution is -0.383. The Morgan fingerprint density at radius 2 is 2.12 bits per heavy atom. The number of nitrogens with two attached hydrogens (primary N) is 1. The number of nitro benzene ring substituents is 1. The van der Waals surface area contributed by atoms with Gasteiger partial charge < -0.3 is 11.1 Å². The average molecular weight is 235 g/mol. The van der Waals surface area contributed by atoms with Gasteiger partial charge in [0, 0.05) is 17.3 Å². The summed E-state index contributed by atoms with van der Waals surface area (Å²) in [4.78, 5) is 10.2. The first-order chi connectivity index (χ1) is 7.90. The van der Waals surface area contributed by atoms with Crippen LogP contribution in [0.25, 0.3) is 0 Å². The summed E-state index contributed by atoms with van der Waals surface area (Å²) in [5, 5.41) is 14.0. The minimum absolute atomic E-state index is 0.0164. The molecular weight excluding hydrogens is 218 g/mol. The van der Waals surface area contributed by atoms with Crippen molar-refractivity contribution in [3.05, 3.63) is 28.3 Å². The highest BCUT2D eigenvalue weighted by atomic mass is 16.6. The van der Waals surface area contributed by atoms with Crippen molar-refractivity contribution in [2.45, 2.75) is 32.2 Å². The molecule has 0 heterocycles. The van der Waals surface area contributed by atoms with Gasteiger partial charge in [-0.05, 0) is 44.7 Å². The first-order valence-corrected chi connectivity index (χ1v) is 5.72. The highest BCUT2D eigenvalue weighted by Crippen LogP contribution is 2.41. The van der Waals surface area contributed by atoms with E-state index in [2.05, 4.69) is 19.2 Å². The van der Waals surface area contributed by atoms with E-state index in [0.29, 0.717) is 5.92 Å². The molecule has 17 heavy (non-hydrogen) atoms. The van der Waals surface area contributed by atoms with Gasteiger partial charge in [-0.2, -0.15) is 0 Å². The second-order valence-electron chi connectivity index (χ2n) is 5.15. The molecule has 0 saturated heterocycles. The fourth-order valence-corrected chi connectivity index (χ4v) is 2.08. The number of nitrogens with zero attached hydrogens (tertiary/aromatic N) is 1. The van der Waals surface area contributed by atoms with Crippen LogP contribution in [0.2, 0.25) is 0 Å². The molecule has 1 aromatic carbocycles. The van der Waals surface area contributed by atoms with Gasteiger partial charge in [0.1, 0.15) is 5.69 Å². The summed E-state index contributed by atoms with van der Waals surface area (Å²) in [6, 6.07) is 4.78. The van der Waals surface area contributed by atoms with Gasteiger partial charge in [0.25, 0.3) is 5.69 Å². The molecule has 0 radical (unpaired) electrons. The number of rotatable bonds is 4. The lowest BCUT2D eigenvalue weighted by Crippen LogP contribution is -2.33. The van der Waals surface area contributed by atoms with Gasteiger partial charge in [-0.1, -0.05) is 0 Å². The molecular formula is C12H17N3O2. The molecule has 0 atom stereocenters. The van der Waals surface area contributed by atoms with Gasteiger partial charge in [-0.15, -0.1) is 0 Å². The molecule has 0 unspecified atom stereocenters. The van der Waals surface area contributed by atoms with Crippen LogP contribution in [0.3, 0.4) is 0 Å². The minimum atomic E-state index is -0.467. The van der Waals surface area contributed by atoms with Crippen LogP contribution in [0.15, 0.2) is 18.2 Å². The van der Waals surface area contributed by atoms with E-state index in [9.17, 15) is 10.1 Å². The van der Waals surface area contributed by atoms with E-state index in [1.165, 1.54) is 18.9 Å². The topological polar surface area (TPSA) is 81.2 Å². The third-order valence-electron chi connectivity index (χ3n) is 3.29. The molecule has 0 bridgehead atoms. The maximum Gasteiger partial charge on any atom is 0.292 e. The fraction of sp³-hybridized carbons (Fsp3) is 0.500. The van der Waals surface area contributed by atoms with Gasteiger partial charge in [0.15, 0.2) is 0 Å². The zero-order valence-electron chi connectivity index (χ0n) is 10.1. The summed E-state index contributed by atoms with van der Waals surface area (Å²) in [5.74, 6) is 0.680. The van der Waals surface area contributed by atoms with Crippen molar-refractivity contribution in [3.8, 4) is 0 Å². The maximum absolute atomic E-state index is 10.6. The molecule has 0 amide bonds. The Hall–Kier alpha value is -1.78. The molecule has 1 saturated carbocycles. The molecule has 92 valence electrons. The smallest absolute Gasteiger partial charge is 0.292 e. The second kappa shape index (κ2) is 3.91. The Balaban J connectivity index is 2.17. The zero-order valence-corrected chi connectivity index (χ0v) is 10.1. The quantitative estimate of drug-likeness (QED) is 0.477. The molecule has 1 aliphatic rings. The summed E-state index contributed by atoms with van der Waals surface area (Å²) >= 11 is 0. The summed E-state index contributed by atoms with van der Waals surface area (Å²) < 4.78 is 0. The fourth-order valence-electron chi connectivity index (χ4n) is 2.08. The third kappa shape index (κ3) is 2.49. The maximum atomic E-state index is 10.6. The summed E-state index contributed by atoms with van der Waals surface area (Å²) in [6.45, 7) is 4.28. The van der Waals surface area contributed by atoms with Gasteiger partial charge in [-0.3, -0.25) is 10.1 Å². The van der Waals surface area contributed by atoms with Crippen molar-refractivity contribution < 1.29 is 4.92 Å². The highest BCUT2D eigenvalue weighted by Gasteiger charge is 2.37. The molecule has 5 heteroatoms. The first kappa shape index (κ1) is 11.7. The third-order valence-corrected chi connectivity index (χ3v) is 3.29. The van der Waals surface area contributed by atoms with Gasteiger partial charge in [0.2, 0.25) is 0 Å². The summed E-state index contributed by atoms with van der Waals surface area (Å²) in [6.07, 6.45) is 2.48. The molecule has 0 spiro atoms. The lowest BCUT2D eigenvalue weighted by Gasteiger charge is -2.27. The first-order valence-electron chi connectivity index (χ1n) is 5.72. The number of hydrogen-bond donors (Lipinski definition) is 2. The van der Waals surface area contributed by atoms with Crippen LogP contribution in [0, 0.1) is 16.0 Å². The Bertz CT molecular complexity index is 453. The molecule has 5 nitrogen and oxygen atoms in total. The number of nitro groups is 1. The van der Waals surface area contributed by atoms with Crippen LogP contribution in [-0.2, 0) is 0 Å². The second-order valence-corrected chi connectivity index (χ2v) is 5.15. The molecule has 0 aliphatic heterocycles. The molecule has 2 rings (SSSR count). The number of nitrogens with one attached hydrogen (secondary N) is 1. The van der Waals surface area contributed by atoms with E-state index in [1.807, 2.05) is 0 Å². The predicted octanol–water partition coefficient (Wildman–Crippen LogP) is 2.78. The Labute approximate surface area is 100 Å². The molecule has 0 aromatic heterocycles. The van der Waals surface area contributed by atoms with Crippen LogP contribution in [-0.4, -0.2) is 10.5 Å². The van der Waals surface area contributed by atoms with Crippen LogP contribution in [0.5, 0.6) is 0 Å². The van der Waals surface area contributed by atoms with Gasteiger partial charge >= 0.3 is 0 Å². The Morgan fingerprint density at radius 1 is 1.47 bits per heavy atom. The standard InChI is InChI=1S/C12H17N3O2/c1-12(2,8-3-4-8)14-9-5-6-11(15(16)17)10(13)7-9/h5-8,14H,3-4,13H2,1-2H3. The number of benzene rings is 1. The normalized spacial score (nSPS) is 15.6.